The van der Waals surface area contributed by atoms with Gasteiger partial charge in [0.25, 0.3) is 11.5 Å². The number of amides is 1. The average Bonchev–Trinajstić information content (AvgIpc) is 2.73. The fraction of sp³-hybridized carbons (Fsp3) is 0.190. The molecule has 0 aliphatic carbocycles. The molecule has 0 spiro atoms. The molecule has 1 atom stereocenters. The molecule has 2 aromatic carbocycles. The van der Waals surface area contributed by atoms with Crippen molar-refractivity contribution in [1.29, 1.82) is 5.26 Å². The van der Waals surface area contributed by atoms with Gasteiger partial charge in [-0.3, -0.25) is 9.59 Å². The highest BCUT2D eigenvalue weighted by molar-refractivity contribution is 5.95. The number of H-pyrrole nitrogens is 1. The minimum atomic E-state index is -1.16. The van der Waals surface area contributed by atoms with Crippen LogP contribution in [0.25, 0.3) is 10.8 Å². The lowest BCUT2D eigenvalue weighted by molar-refractivity contribution is 0.0335. The summed E-state index contributed by atoms with van der Waals surface area (Å²) >= 11 is 0. The van der Waals surface area contributed by atoms with E-state index in [-0.39, 0.29) is 35.1 Å². The Morgan fingerprint density at radius 1 is 1.17 bits per heavy atom. The Balaban J connectivity index is 1.82. The van der Waals surface area contributed by atoms with Gasteiger partial charge in [0, 0.05) is 23.9 Å². The zero-order chi connectivity index (χ0) is 21.6. The number of ether oxygens (including phenoxy) is 1. The molecule has 1 amide bonds. The molecule has 2 heterocycles. The maximum Gasteiger partial charge on any atom is 0.256 e. The maximum absolute atomic E-state index is 14.0. The van der Waals surface area contributed by atoms with Crippen LogP contribution < -0.4 is 5.56 Å². The van der Waals surface area contributed by atoms with Gasteiger partial charge in [0.2, 0.25) is 0 Å². The van der Waals surface area contributed by atoms with E-state index in [2.05, 4.69) is 4.98 Å². The van der Waals surface area contributed by atoms with Crippen LogP contribution in [0.3, 0.4) is 0 Å². The fourth-order valence-corrected chi connectivity index (χ4v) is 3.63. The molecule has 30 heavy (non-hydrogen) atoms. The summed E-state index contributed by atoms with van der Waals surface area (Å²) in [6.45, 7) is 0.0671. The molecule has 0 saturated carbocycles. The van der Waals surface area contributed by atoms with Crippen LogP contribution in [-0.4, -0.2) is 29.4 Å². The highest BCUT2D eigenvalue weighted by Gasteiger charge is 2.31. The molecule has 9 heteroatoms. The molecule has 1 N–H and O–H groups in total. The fourth-order valence-electron chi connectivity index (χ4n) is 3.63. The lowest BCUT2D eigenvalue weighted by Crippen LogP contribution is -2.37. The van der Waals surface area contributed by atoms with E-state index in [1.165, 1.54) is 24.1 Å². The van der Waals surface area contributed by atoms with E-state index in [0.717, 1.165) is 18.2 Å². The van der Waals surface area contributed by atoms with Crippen molar-refractivity contribution in [3.63, 3.8) is 0 Å². The maximum atomic E-state index is 14.0. The molecule has 0 fully saturated rings. The number of nitrogens with zero attached hydrogens (tertiary/aromatic N) is 2. The van der Waals surface area contributed by atoms with Gasteiger partial charge in [-0.25, -0.2) is 13.2 Å². The number of hydrogen-bond donors (Lipinski definition) is 1. The number of carbonyl (C=O) groups is 1. The van der Waals surface area contributed by atoms with Gasteiger partial charge in [-0.2, -0.15) is 5.26 Å². The van der Waals surface area contributed by atoms with Crippen LogP contribution in [-0.2, 0) is 11.3 Å². The molecule has 0 bridgehead atoms. The summed E-state index contributed by atoms with van der Waals surface area (Å²) in [5, 5.41) is 8.97. The number of nitriles is 1. The second-order valence-corrected chi connectivity index (χ2v) is 6.91. The first-order valence-electron chi connectivity index (χ1n) is 8.90. The van der Waals surface area contributed by atoms with E-state index in [0.29, 0.717) is 11.3 Å². The number of halogens is 3. The Kier molecular flexibility index (Phi) is 4.79. The number of fused-ring (bicyclic) bond motifs is 3. The Hall–Kier alpha value is -3.64. The zero-order valence-corrected chi connectivity index (χ0v) is 15.6. The lowest BCUT2D eigenvalue weighted by atomic mass is 9.95. The summed E-state index contributed by atoms with van der Waals surface area (Å²) in [5.74, 6) is -3.68. The Morgan fingerprint density at radius 3 is 2.53 bits per heavy atom. The van der Waals surface area contributed by atoms with Crippen molar-refractivity contribution < 1.29 is 22.7 Å². The molecule has 0 unspecified atom stereocenters. The molecule has 0 saturated heterocycles. The predicted octanol–water partition coefficient (Wildman–Crippen LogP) is 3.16. The predicted molar refractivity (Wildman–Crippen MR) is 100 cm³/mol. The normalized spacial score (nSPS) is 15.5. The summed E-state index contributed by atoms with van der Waals surface area (Å²) in [6.07, 6.45) is 0. The van der Waals surface area contributed by atoms with E-state index < -0.39 is 35.0 Å². The third kappa shape index (κ3) is 3.11. The van der Waals surface area contributed by atoms with E-state index in [9.17, 15) is 22.8 Å². The Morgan fingerprint density at radius 2 is 1.87 bits per heavy atom. The third-order valence-electron chi connectivity index (χ3n) is 5.16. The number of rotatable bonds is 2. The van der Waals surface area contributed by atoms with Crippen LogP contribution in [0, 0.1) is 28.8 Å². The molecule has 0 radical (unpaired) electrons. The molecule has 1 aliphatic heterocycles. The van der Waals surface area contributed by atoms with Crippen molar-refractivity contribution in [1.82, 2.24) is 9.88 Å². The lowest BCUT2D eigenvalue weighted by Gasteiger charge is -2.34. The van der Waals surface area contributed by atoms with Crippen LogP contribution in [0.15, 0.2) is 35.1 Å². The van der Waals surface area contributed by atoms with Gasteiger partial charge in [-0.05, 0) is 35.7 Å². The standard InChI is InChI=1S/C21H14F3N3O3/c1-27(21(29)10-2-3-11(7-25)14(22)4-10)18-9-30-8-17-19(18)12-5-15(23)16(24)6-13(12)20(28)26-17/h2-6,18H,8-9H2,1H3,(H,26,28)/t18-/m1/s1. The molecule has 4 rings (SSSR count). The number of carbonyl (C=O) groups excluding carboxylic acids is 1. The van der Waals surface area contributed by atoms with Crippen molar-refractivity contribution in [3.05, 3.63) is 80.5 Å². The van der Waals surface area contributed by atoms with Crippen LogP contribution in [0.2, 0.25) is 0 Å². The van der Waals surface area contributed by atoms with Gasteiger partial charge in [-0.1, -0.05) is 0 Å². The number of hydrogen-bond acceptors (Lipinski definition) is 4. The van der Waals surface area contributed by atoms with Crippen molar-refractivity contribution in [2.45, 2.75) is 12.6 Å². The largest absolute Gasteiger partial charge is 0.373 e. The second kappa shape index (κ2) is 7.31. The van der Waals surface area contributed by atoms with Crippen LogP contribution >= 0.6 is 0 Å². The van der Waals surface area contributed by atoms with E-state index >= 15 is 0 Å². The van der Waals surface area contributed by atoms with Crippen molar-refractivity contribution >= 4 is 16.7 Å². The summed E-state index contributed by atoms with van der Waals surface area (Å²) in [7, 11) is 1.46. The van der Waals surface area contributed by atoms with Gasteiger partial charge >= 0.3 is 0 Å². The van der Waals surface area contributed by atoms with Crippen molar-refractivity contribution in [2.24, 2.45) is 0 Å². The smallest absolute Gasteiger partial charge is 0.256 e. The number of likely N-dealkylation sites (N-methyl/N-ethyl adjacent to an activating group) is 1. The third-order valence-corrected chi connectivity index (χ3v) is 5.16. The van der Waals surface area contributed by atoms with Gasteiger partial charge in [0.1, 0.15) is 11.9 Å². The molecular formula is C21H14F3N3O3. The van der Waals surface area contributed by atoms with Gasteiger partial charge < -0.3 is 14.6 Å². The molecule has 1 aliphatic rings. The van der Waals surface area contributed by atoms with Gasteiger partial charge in [0.05, 0.1) is 30.2 Å². The second-order valence-electron chi connectivity index (χ2n) is 6.91. The Labute approximate surface area is 168 Å². The SMILES string of the molecule is CN(C(=O)c1ccc(C#N)c(F)c1)[C@@H]1COCc2[nH]c(=O)c3cc(F)c(F)cc3c21. The van der Waals surface area contributed by atoms with Gasteiger partial charge in [0.15, 0.2) is 11.6 Å². The molecular weight excluding hydrogens is 399 g/mol. The highest BCUT2D eigenvalue weighted by atomic mass is 19.2. The van der Waals surface area contributed by atoms with E-state index in [4.69, 9.17) is 10.00 Å². The minimum Gasteiger partial charge on any atom is -0.373 e. The molecule has 152 valence electrons. The summed E-state index contributed by atoms with van der Waals surface area (Å²) in [4.78, 5) is 29.1. The van der Waals surface area contributed by atoms with Crippen LogP contribution in [0.4, 0.5) is 13.2 Å². The summed E-state index contributed by atoms with van der Waals surface area (Å²) in [5.41, 5.74) is -0.0103. The summed E-state index contributed by atoms with van der Waals surface area (Å²) < 4.78 is 47.1. The quantitative estimate of drug-likeness (QED) is 0.699. The number of aromatic amines is 1. The number of benzene rings is 2. The highest BCUT2D eigenvalue weighted by Crippen LogP contribution is 2.34. The minimum absolute atomic E-state index is 0.00655. The van der Waals surface area contributed by atoms with Crippen molar-refractivity contribution in [3.8, 4) is 6.07 Å². The van der Waals surface area contributed by atoms with Gasteiger partial charge in [-0.15, -0.1) is 0 Å². The molecule has 3 aromatic rings. The monoisotopic (exact) mass is 413 g/mol. The molecule has 1 aromatic heterocycles. The summed E-state index contributed by atoms with van der Waals surface area (Å²) in [6, 6.07) is 6.16. The Bertz CT molecular complexity index is 1300. The zero-order valence-electron chi connectivity index (χ0n) is 15.6. The molecule has 6 nitrogen and oxygen atoms in total. The number of nitrogens with one attached hydrogen (secondary N) is 1. The van der Waals surface area contributed by atoms with Crippen LogP contribution in [0.5, 0.6) is 0 Å². The number of pyridine rings is 1. The first-order valence-corrected chi connectivity index (χ1v) is 8.90. The van der Waals surface area contributed by atoms with Crippen LogP contribution in [0.1, 0.15) is 33.2 Å². The number of aromatic nitrogens is 1. The average molecular weight is 413 g/mol. The van der Waals surface area contributed by atoms with E-state index in [1.807, 2.05) is 0 Å². The first-order chi connectivity index (χ1) is 14.3. The topological polar surface area (TPSA) is 86.2 Å². The van der Waals surface area contributed by atoms with E-state index in [1.54, 1.807) is 6.07 Å². The first kappa shape index (κ1) is 19.7. The van der Waals surface area contributed by atoms with Crippen molar-refractivity contribution in [2.75, 3.05) is 13.7 Å².